The topological polar surface area (TPSA) is 17.1 Å². The first-order chi connectivity index (χ1) is 5.77. The molecule has 12 heavy (non-hydrogen) atoms. The van der Waals surface area contributed by atoms with Crippen molar-refractivity contribution >= 4 is 5.78 Å². The van der Waals surface area contributed by atoms with Crippen LogP contribution in [-0.2, 0) is 4.79 Å². The van der Waals surface area contributed by atoms with Crippen molar-refractivity contribution in [1.29, 1.82) is 0 Å². The maximum absolute atomic E-state index is 11.3. The summed E-state index contributed by atoms with van der Waals surface area (Å²) in [6.07, 6.45) is 7.40. The van der Waals surface area contributed by atoms with Gasteiger partial charge in [-0.3, -0.25) is 4.79 Å². The van der Waals surface area contributed by atoms with E-state index in [4.69, 9.17) is 0 Å². The summed E-state index contributed by atoms with van der Waals surface area (Å²) in [7, 11) is 0. The molecule has 0 radical (unpaired) electrons. The summed E-state index contributed by atoms with van der Waals surface area (Å²) in [5, 5.41) is 0. The Morgan fingerprint density at radius 3 is 2.42 bits per heavy atom. The summed E-state index contributed by atoms with van der Waals surface area (Å²) in [4.78, 5) is 11.3. The highest BCUT2D eigenvalue weighted by atomic mass is 16.1. The maximum Gasteiger partial charge on any atom is 0.158 e. The Hall–Kier alpha value is -0.590. The van der Waals surface area contributed by atoms with Gasteiger partial charge in [0.1, 0.15) is 0 Å². The van der Waals surface area contributed by atoms with E-state index in [1.165, 1.54) is 0 Å². The molecule has 0 spiro atoms. The Bertz CT molecular complexity index is 187. The van der Waals surface area contributed by atoms with Crippen molar-refractivity contribution in [3.8, 4) is 0 Å². The molecule has 0 heterocycles. The number of rotatable bonds is 3. The van der Waals surface area contributed by atoms with Crippen LogP contribution in [0.15, 0.2) is 11.6 Å². The standard InChI is InChI=1S/C11H18O/c1-3-9(4-2)8-10-6-5-7-11(10)12/h8-9H,3-7H2,1-2H3/b10-8+. The van der Waals surface area contributed by atoms with E-state index in [2.05, 4.69) is 19.9 Å². The normalized spacial score (nSPS) is 21.2. The van der Waals surface area contributed by atoms with Crippen LogP contribution in [0.4, 0.5) is 0 Å². The SMILES string of the molecule is CCC(/C=C1\CCCC1=O)CC. The van der Waals surface area contributed by atoms with Crippen LogP contribution in [0.5, 0.6) is 0 Å². The molecule has 1 fully saturated rings. The lowest BCUT2D eigenvalue weighted by Crippen LogP contribution is -1.98. The van der Waals surface area contributed by atoms with E-state index < -0.39 is 0 Å². The summed E-state index contributed by atoms with van der Waals surface area (Å²) < 4.78 is 0. The molecule has 0 aromatic heterocycles. The smallest absolute Gasteiger partial charge is 0.158 e. The molecule has 0 aromatic rings. The lowest BCUT2D eigenvalue weighted by molar-refractivity contribution is -0.114. The van der Waals surface area contributed by atoms with Gasteiger partial charge in [0.2, 0.25) is 0 Å². The van der Waals surface area contributed by atoms with Crippen molar-refractivity contribution in [2.45, 2.75) is 46.0 Å². The van der Waals surface area contributed by atoms with Crippen molar-refractivity contribution in [1.82, 2.24) is 0 Å². The molecule has 0 bridgehead atoms. The minimum Gasteiger partial charge on any atom is -0.295 e. The molecule has 1 rings (SSSR count). The summed E-state index contributed by atoms with van der Waals surface area (Å²) in [5.41, 5.74) is 1.10. The average Bonchev–Trinajstić information content (AvgIpc) is 2.47. The van der Waals surface area contributed by atoms with E-state index in [1.54, 1.807) is 0 Å². The van der Waals surface area contributed by atoms with Crippen molar-refractivity contribution in [2.75, 3.05) is 0 Å². The van der Waals surface area contributed by atoms with Crippen molar-refractivity contribution in [2.24, 2.45) is 5.92 Å². The number of ketones is 1. The highest BCUT2D eigenvalue weighted by Gasteiger charge is 2.17. The molecule has 0 aliphatic heterocycles. The largest absolute Gasteiger partial charge is 0.295 e. The zero-order chi connectivity index (χ0) is 8.97. The van der Waals surface area contributed by atoms with E-state index in [1.807, 2.05) is 0 Å². The van der Waals surface area contributed by atoms with E-state index >= 15 is 0 Å². The van der Waals surface area contributed by atoms with Crippen molar-refractivity contribution in [3.63, 3.8) is 0 Å². The molecule has 1 nitrogen and oxygen atoms in total. The van der Waals surface area contributed by atoms with Gasteiger partial charge in [-0.15, -0.1) is 0 Å². The van der Waals surface area contributed by atoms with Crippen LogP contribution < -0.4 is 0 Å². The van der Waals surface area contributed by atoms with Crippen LogP contribution in [0.3, 0.4) is 0 Å². The Balaban J connectivity index is 2.59. The van der Waals surface area contributed by atoms with Crippen molar-refractivity contribution in [3.05, 3.63) is 11.6 Å². The third kappa shape index (κ3) is 2.20. The lowest BCUT2D eigenvalue weighted by atomic mass is 9.99. The van der Waals surface area contributed by atoms with Gasteiger partial charge in [-0.05, 0) is 37.2 Å². The van der Waals surface area contributed by atoms with Crippen LogP contribution in [-0.4, -0.2) is 5.78 Å². The highest BCUT2D eigenvalue weighted by molar-refractivity contribution is 5.97. The minimum atomic E-state index is 0.391. The number of Topliss-reactive ketones (excluding diaryl/α,β-unsaturated/α-hetero) is 1. The van der Waals surface area contributed by atoms with Gasteiger partial charge in [-0.2, -0.15) is 0 Å². The molecule has 1 aliphatic carbocycles. The van der Waals surface area contributed by atoms with E-state index in [0.29, 0.717) is 11.7 Å². The van der Waals surface area contributed by atoms with Crippen molar-refractivity contribution < 1.29 is 4.79 Å². The fourth-order valence-corrected chi connectivity index (χ4v) is 1.72. The first-order valence-electron chi connectivity index (χ1n) is 5.01. The van der Waals surface area contributed by atoms with Gasteiger partial charge in [0.25, 0.3) is 0 Å². The quantitative estimate of drug-likeness (QED) is 0.589. The molecular formula is C11H18O. The predicted molar refractivity (Wildman–Crippen MR) is 51.0 cm³/mol. The first kappa shape index (κ1) is 9.50. The molecule has 68 valence electrons. The molecule has 1 heteroatoms. The second-order valence-corrected chi connectivity index (χ2v) is 3.55. The summed E-state index contributed by atoms with van der Waals surface area (Å²) in [6, 6.07) is 0. The predicted octanol–water partition coefficient (Wildman–Crippen LogP) is 3.10. The van der Waals surface area contributed by atoms with Gasteiger partial charge < -0.3 is 0 Å². The molecule has 0 N–H and O–H groups in total. The Kier molecular flexibility index (Phi) is 3.51. The van der Waals surface area contributed by atoms with Gasteiger partial charge in [0.05, 0.1) is 0 Å². The Labute approximate surface area is 74.9 Å². The first-order valence-corrected chi connectivity index (χ1v) is 5.01. The van der Waals surface area contributed by atoms with Crippen LogP contribution in [0, 0.1) is 5.92 Å². The molecule has 0 atom stereocenters. The van der Waals surface area contributed by atoms with E-state index in [0.717, 1.165) is 37.7 Å². The number of carbonyl (C=O) groups excluding carboxylic acids is 1. The summed E-state index contributed by atoms with van der Waals surface area (Å²) in [6.45, 7) is 4.37. The molecule has 1 aliphatic rings. The monoisotopic (exact) mass is 166 g/mol. The molecule has 1 saturated carbocycles. The van der Waals surface area contributed by atoms with Crippen LogP contribution in [0.25, 0.3) is 0 Å². The Morgan fingerprint density at radius 2 is 2.00 bits per heavy atom. The Morgan fingerprint density at radius 1 is 1.33 bits per heavy atom. The molecular weight excluding hydrogens is 148 g/mol. The molecule has 0 amide bonds. The van der Waals surface area contributed by atoms with E-state index in [-0.39, 0.29) is 0 Å². The second-order valence-electron chi connectivity index (χ2n) is 3.55. The zero-order valence-corrected chi connectivity index (χ0v) is 8.10. The number of allylic oxidation sites excluding steroid dienone is 2. The fraction of sp³-hybridized carbons (Fsp3) is 0.727. The van der Waals surface area contributed by atoms with Gasteiger partial charge in [-0.25, -0.2) is 0 Å². The van der Waals surface area contributed by atoms with Gasteiger partial charge in [0, 0.05) is 6.42 Å². The number of hydrogen-bond donors (Lipinski definition) is 0. The maximum atomic E-state index is 11.3. The second kappa shape index (κ2) is 4.44. The number of hydrogen-bond acceptors (Lipinski definition) is 1. The average molecular weight is 166 g/mol. The fourth-order valence-electron chi connectivity index (χ4n) is 1.72. The molecule has 0 unspecified atom stereocenters. The minimum absolute atomic E-state index is 0.391. The molecule has 0 saturated heterocycles. The van der Waals surface area contributed by atoms with E-state index in [9.17, 15) is 4.79 Å². The van der Waals surface area contributed by atoms with Gasteiger partial charge in [0.15, 0.2) is 5.78 Å². The lowest BCUT2D eigenvalue weighted by Gasteiger charge is -2.06. The van der Waals surface area contributed by atoms with Crippen LogP contribution in [0.1, 0.15) is 46.0 Å². The van der Waals surface area contributed by atoms with Gasteiger partial charge in [-0.1, -0.05) is 19.9 Å². The highest BCUT2D eigenvalue weighted by Crippen LogP contribution is 2.23. The van der Waals surface area contributed by atoms with Crippen LogP contribution >= 0.6 is 0 Å². The van der Waals surface area contributed by atoms with Gasteiger partial charge >= 0.3 is 0 Å². The third-order valence-corrected chi connectivity index (χ3v) is 2.69. The third-order valence-electron chi connectivity index (χ3n) is 2.69. The zero-order valence-electron chi connectivity index (χ0n) is 8.10. The summed E-state index contributed by atoms with van der Waals surface area (Å²) in [5.74, 6) is 1.02. The number of carbonyl (C=O) groups is 1. The molecule has 0 aromatic carbocycles. The summed E-state index contributed by atoms with van der Waals surface area (Å²) >= 11 is 0. The van der Waals surface area contributed by atoms with Crippen LogP contribution in [0.2, 0.25) is 0 Å².